The van der Waals surface area contributed by atoms with E-state index in [9.17, 15) is 0 Å². The highest BCUT2D eigenvalue weighted by molar-refractivity contribution is 4.68. The van der Waals surface area contributed by atoms with Crippen LogP contribution in [0.2, 0.25) is 0 Å². The normalized spacial score (nSPS) is 11.8. The van der Waals surface area contributed by atoms with Crippen molar-refractivity contribution in [1.29, 1.82) is 0 Å². The maximum absolute atomic E-state index is 6.36. The monoisotopic (exact) mass is 672 g/mol. The number of nitrogens with zero attached hydrogens (tertiary/aromatic N) is 6. The molecule has 9 heteroatoms. The van der Waals surface area contributed by atoms with Gasteiger partial charge in [0.15, 0.2) is 20.2 Å². The summed E-state index contributed by atoms with van der Waals surface area (Å²) in [6, 6.07) is 0. The number of ether oxygens (including phenoxy) is 3. The zero-order valence-electron chi connectivity index (χ0n) is 31.1. The van der Waals surface area contributed by atoms with E-state index in [2.05, 4.69) is 104 Å². The summed E-state index contributed by atoms with van der Waals surface area (Å²) in [6.07, 6.45) is 42.6. The average molecular weight is 672 g/mol. The molecule has 272 valence electrons. The molecule has 9 nitrogen and oxygen atoms in total. The van der Waals surface area contributed by atoms with Crippen LogP contribution in [-0.4, -0.2) is 33.0 Å². The lowest BCUT2D eigenvalue weighted by Gasteiger charge is -2.16. The zero-order chi connectivity index (χ0) is 33.9. The molecule has 0 saturated carbocycles. The maximum Gasteiger partial charge on any atom is 0.245 e. The number of imidazole rings is 3. The Morgan fingerprint density at radius 2 is 0.771 bits per heavy atom. The van der Waals surface area contributed by atoms with Gasteiger partial charge in [-0.15, -0.1) is 0 Å². The van der Waals surface area contributed by atoms with E-state index in [0.717, 1.165) is 19.6 Å². The van der Waals surface area contributed by atoms with Gasteiger partial charge in [-0.05, 0) is 38.5 Å². The van der Waals surface area contributed by atoms with Crippen LogP contribution in [0, 0.1) is 0 Å². The Bertz CT molecular complexity index is 1100. The third-order valence-corrected chi connectivity index (χ3v) is 9.10. The van der Waals surface area contributed by atoms with Gasteiger partial charge >= 0.3 is 0 Å². The molecule has 0 radical (unpaired) electrons. The quantitative estimate of drug-likeness (QED) is 0.0505. The highest BCUT2D eigenvalue weighted by Gasteiger charge is 2.15. The highest BCUT2D eigenvalue weighted by Crippen LogP contribution is 2.08. The van der Waals surface area contributed by atoms with Crippen molar-refractivity contribution in [3.05, 3.63) is 56.2 Å². The first-order valence-corrected chi connectivity index (χ1v) is 19.6. The van der Waals surface area contributed by atoms with Crippen molar-refractivity contribution in [2.75, 3.05) is 13.2 Å². The number of hydrogen-bond donors (Lipinski definition) is 0. The molecule has 0 fully saturated rings. The van der Waals surface area contributed by atoms with Crippen molar-refractivity contribution >= 4 is 0 Å². The molecule has 0 bridgehead atoms. The van der Waals surface area contributed by atoms with Crippen LogP contribution in [0.5, 0.6) is 0 Å². The van der Waals surface area contributed by atoms with Crippen LogP contribution >= 0.6 is 0 Å². The molecule has 0 aliphatic carbocycles. The van der Waals surface area contributed by atoms with Gasteiger partial charge in [-0.3, -0.25) is 0 Å². The van der Waals surface area contributed by atoms with Gasteiger partial charge in [-0.1, -0.05) is 97.8 Å². The molecular weight excluding hydrogens is 600 g/mol. The zero-order valence-corrected chi connectivity index (χ0v) is 31.1. The van der Waals surface area contributed by atoms with Gasteiger partial charge in [0.1, 0.15) is 43.3 Å². The summed E-state index contributed by atoms with van der Waals surface area (Å²) >= 11 is 0. The van der Waals surface area contributed by atoms with Crippen LogP contribution < -0.4 is 13.7 Å². The lowest BCUT2D eigenvalue weighted by atomic mass is 10.1. The molecule has 3 heterocycles. The van der Waals surface area contributed by atoms with E-state index in [-0.39, 0.29) is 6.10 Å². The van der Waals surface area contributed by atoms with Crippen molar-refractivity contribution in [3.8, 4) is 0 Å². The number of aryl methyl sites for hydroxylation is 3. The van der Waals surface area contributed by atoms with Gasteiger partial charge in [-0.2, -0.15) is 0 Å². The average Bonchev–Trinajstić information content (AvgIpc) is 3.86. The Balaban J connectivity index is 1.41. The molecule has 0 spiro atoms. The maximum atomic E-state index is 6.36. The minimum atomic E-state index is -0.170. The fraction of sp³-hybridized carbons (Fsp3) is 0.769. The molecule has 3 aromatic rings. The summed E-state index contributed by atoms with van der Waals surface area (Å²) in [4.78, 5) is 0. The molecule has 3 aromatic heterocycles. The van der Waals surface area contributed by atoms with Gasteiger partial charge in [0, 0.05) is 0 Å². The first-order chi connectivity index (χ1) is 23.7. The number of hydrogen-bond acceptors (Lipinski definition) is 3. The molecule has 0 atom stereocenters. The van der Waals surface area contributed by atoms with Crippen LogP contribution in [0.25, 0.3) is 0 Å². The van der Waals surface area contributed by atoms with Gasteiger partial charge in [0.2, 0.25) is 19.0 Å². The predicted molar refractivity (Wildman–Crippen MR) is 191 cm³/mol. The molecule has 0 saturated heterocycles. The number of aromatic nitrogens is 6. The number of rotatable bonds is 32. The Kier molecular flexibility index (Phi) is 22.0. The smallest absolute Gasteiger partial charge is 0.245 e. The van der Waals surface area contributed by atoms with Gasteiger partial charge in [-0.25, -0.2) is 27.4 Å². The van der Waals surface area contributed by atoms with E-state index in [1.165, 1.54) is 116 Å². The molecule has 0 amide bonds. The van der Waals surface area contributed by atoms with E-state index >= 15 is 0 Å². The topological polar surface area (TPSA) is 54.1 Å². The van der Waals surface area contributed by atoms with E-state index in [1.54, 1.807) is 0 Å². The second-order valence-electron chi connectivity index (χ2n) is 13.7. The minimum Gasteiger partial charge on any atom is -0.339 e. The van der Waals surface area contributed by atoms with Crippen LogP contribution in [-0.2, 0) is 54.0 Å². The molecule has 3 rings (SSSR count). The Morgan fingerprint density at radius 3 is 1.15 bits per heavy atom. The van der Waals surface area contributed by atoms with E-state index < -0.39 is 0 Å². The predicted octanol–water partition coefficient (Wildman–Crippen LogP) is 7.73. The van der Waals surface area contributed by atoms with Gasteiger partial charge in [0.05, 0.1) is 32.8 Å². The first kappa shape index (κ1) is 39.9. The fourth-order valence-electron chi connectivity index (χ4n) is 6.08. The lowest BCUT2D eigenvalue weighted by molar-refractivity contribution is -0.742. The lowest BCUT2D eigenvalue weighted by Crippen LogP contribution is -2.40. The van der Waals surface area contributed by atoms with Crippen LogP contribution in [0.15, 0.2) is 56.2 Å². The summed E-state index contributed by atoms with van der Waals surface area (Å²) in [5.74, 6) is 0. The standard InChI is InChI=1S/C39H71N6O3/c1-4-7-10-13-16-19-22-40-25-28-43(33-40)36-46-31-39(48-38-45-30-27-42(35-45)24-21-18-15-12-9-6-3)32-47-37-44-29-26-41(34-44)23-20-17-14-11-8-5-2/h25-30,33-35,39H,4-24,31-32,36-38H2,1-3H3/q+3. The Labute approximate surface area is 292 Å². The summed E-state index contributed by atoms with van der Waals surface area (Å²) in [7, 11) is 0. The van der Waals surface area contributed by atoms with Gasteiger partial charge in [0.25, 0.3) is 0 Å². The Hall–Kier alpha value is -2.49. The Morgan fingerprint density at radius 1 is 0.438 bits per heavy atom. The van der Waals surface area contributed by atoms with E-state index in [4.69, 9.17) is 14.2 Å². The third kappa shape index (κ3) is 18.3. The largest absolute Gasteiger partial charge is 0.339 e. The fourth-order valence-corrected chi connectivity index (χ4v) is 6.08. The third-order valence-electron chi connectivity index (χ3n) is 9.10. The molecule has 0 unspecified atom stereocenters. The molecule has 0 aliphatic heterocycles. The molecule has 48 heavy (non-hydrogen) atoms. The van der Waals surface area contributed by atoms with E-state index in [0.29, 0.717) is 33.4 Å². The van der Waals surface area contributed by atoms with Crippen molar-refractivity contribution in [2.45, 2.75) is 182 Å². The second-order valence-corrected chi connectivity index (χ2v) is 13.7. The SMILES string of the molecule is CCCCCCCCn1cc[n+](COCC(COC[n+]2ccn(CCCCCCCC)c2)OC[n+]2ccn(CCCCCCCC)c2)c1. The van der Waals surface area contributed by atoms with Gasteiger partial charge < -0.3 is 14.2 Å². The number of unbranched alkanes of at least 4 members (excludes halogenated alkanes) is 15. The van der Waals surface area contributed by atoms with Crippen molar-refractivity contribution < 1.29 is 27.9 Å². The van der Waals surface area contributed by atoms with Crippen LogP contribution in [0.1, 0.15) is 136 Å². The minimum absolute atomic E-state index is 0.170. The van der Waals surface area contributed by atoms with Crippen LogP contribution in [0.3, 0.4) is 0 Å². The second kappa shape index (κ2) is 26.4. The van der Waals surface area contributed by atoms with Crippen molar-refractivity contribution in [2.24, 2.45) is 0 Å². The summed E-state index contributed by atoms with van der Waals surface area (Å²) in [6.45, 7) is 12.4. The van der Waals surface area contributed by atoms with Crippen molar-refractivity contribution in [1.82, 2.24) is 13.7 Å². The molecule has 0 N–H and O–H groups in total. The van der Waals surface area contributed by atoms with Crippen LogP contribution in [0.4, 0.5) is 0 Å². The molecule has 0 aliphatic rings. The highest BCUT2D eigenvalue weighted by atomic mass is 16.6. The molecular formula is C39H71N6O3+3. The van der Waals surface area contributed by atoms with E-state index in [1.807, 2.05) is 0 Å². The molecule has 0 aromatic carbocycles. The summed E-state index contributed by atoms with van der Waals surface area (Å²) in [5.41, 5.74) is 0. The summed E-state index contributed by atoms with van der Waals surface area (Å²) in [5, 5.41) is 0. The van der Waals surface area contributed by atoms with Crippen molar-refractivity contribution in [3.63, 3.8) is 0 Å². The summed E-state index contributed by atoms with van der Waals surface area (Å²) < 4.78 is 31.8. The first-order valence-electron chi connectivity index (χ1n) is 19.6.